The van der Waals surface area contributed by atoms with Gasteiger partial charge in [-0.1, -0.05) is 79.0 Å². The minimum absolute atomic E-state index is 0.179. The summed E-state index contributed by atoms with van der Waals surface area (Å²) >= 11 is 10.6. The van der Waals surface area contributed by atoms with Crippen molar-refractivity contribution in [3.8, 4) is 0 Å². The maximum Gasteiger partial charge on any atom is 0.282 e. The molecule has 5 aromatic rings. The summed E-state index contributed by atoms with van der Waals surface area (Å²) in [6, 6.07) is 19.9. The van der Waals surface area contributed by atoms with Gasteiger partial charge in [-0.3, -0.25) is 4.79 Å². The predicted octanol–water partition coefficient (Wildman–Crippen LogP) is 7.13. The Morgan fingerprint density at radius 2 is 1.74 bits per heavy atom. The highest BCUT2D eigenvalue weighted by atomic mass is 79.9. The van der Waals surface area contributed by atoms with E-state index in [-0.39, 0.29) is 5.56 Å². The lowest BCUT2D eigenvalue weighted by Gasteiger charge is -2.08. The lowest BCUT2D eigenvalue weighted by Crippen LogP contribution is -2.22. The van der Waals surface area contributed by atoms with Crippen molar-refractivity contribution in [2.45, 2.75) is 19.9 Å². The van der Waals surface area contributed by atoms with Gasteiger partial charge >= 0.3 is 0 Å². The summed E-state index contributed by atoms with van der Waals surface area (Å²) in [5, 5.41) is 6.20. The van der Waals surface area contributed by atoms with Crippen molar-refractivity contribution in [3.05, 3.63) is 108 Å². The third kappa shape index (κ3) is 4.42. The molecule has 0 saturated heterocycles. The van der Waals surface area contributed by atoms with Gasteiger partial charge < -0.3 is 4.57 Å². The molecule has 0 aliphatic heterocycles. The Morgan fingerprint density at radius 3 is 2.53 bits per heavy atom. The van der Waals surface area contributed by atoms with Crippen molar-refractivity contribution in [2.24, 2.45) is 5.10 Å². The van der Waals surface area contributed by atoms with Crippen molar-refractivity contribution in [1.29, 1.82) is 0 Å². The Labute approximate surface area is 221 Å². The first-order chi connectivity index (χ1) is 16.4. The Kier molecular flexibility index (Phi) is 6.55. The summed E-state index contributed by atoms with van der Waals surface area (Å²) in [6.07, 6.45) is 4.42. The predicted molar refractivity (Wildman–Crippen MR) is 149 cm³/mol. The van der Waals surface area contributed by atoms with E-state index < -0.39 is 0 Å². The molecule has 0 amide bonds. The van der Waals surface area contributed by atoms with Gasteiger partial charge in [0.25, 0.3) is 5.56 Å². The molecule has 8 heteroatoms. The molecule has 0 radical (unpaired) electrons. The van der Waals surface area contributed by atoms with Gasteiger partial charge in [0.15, 0.2) is 0 Å². The normalized spacial score (nSPS) is 11.8. The van der Waals surface area contributed by atoms with E-state index in [1.54, 1.807) is 12.3 Å². The Hall–Kier alpha value is -2.55. The molecule has 0 atom stereocenters. The first kappa shape index (κ1) is 23.2. The van der Waals surface area contributed by atoms with Crippen LogP contribution < -0.4 is 5.56 Å². The van der Waals surface area contributed by atoms with E-state index in [0.717, 1.165) is 29.9 Å². The summed E-state index contributed by atoms with van der Waals surface area (Å²) in [7, 11) is 0. The first-order valence-electron chi connectivity index (χ1n) is 10.7. The molecule has 2 aromatic heterocycles. The topological polar surface area (TPSA) is 52.2 Å². The average Bonchev–Trinajstić information content (AvgIpc) is 3.18. The number of hydrogen-bond acceptors (Lipinski definition) is 3. The Bertz CT molecular complexity index is 1640. The van der Waals surface area contributed by atoms with Crippen LogP contribution in [0.5, 0.6) is 0 Å². The van der Waals surface area contributed by atoms with Crippen molar-refractivity contribution in [3.63, 3.8) is 0 Å². The molecule has 3 aromatic carbocycles. The van der Waals surface area contributed by atoms with Crippen LogP contribution in [0.2, 0.25) is 0 Å². The second-order valence-corrected chi connectivity index (χ2v) is 10.6. The summed E-state index contributed by atoms with van der Waals surface area (Å²) in [4.78, 5) is 17.9. The number of aryl methyl sites for hydroxylation is 1. The zero-order chi connectivity index (χ0) is 23.8. The molecule has 0 fully saturated rings. The van der Waals surface area contributed by atoms with Crippen molar-refractivity contribution < 1.29 is 0 Å². The zero-order valence-corrected chi connectivity index (χ0v) is 22.9. The number of hydrogen-bond donors (Lipinski definition) is 0. The fourth-order valence-electron chi connectivity index (χ4n) is 4.00. The van der Waals surface area contributed by atoms with Gasteiger partial charge in [-0.25, -0.2) is 4.98 Å². The number of para-hydroxylation sites is 1. The number of rotatable bonds is 5. The van der Waals surface area contributed by atoms with Crippen LogP contribution in [0.25, 0.3) is 21.8 Å². The number of fused-ring (bicyclic) bond motifs is 2. The maximum atomic E-state index is 13.2. The van der Waals surface area contributed by atoms with Gasteiger partial charge in [0.05, 0.1) is 17.1 Å². The maximum absolute atomic E-state index is 13.2. The largest absolute Gasteiger partial charge is 0.342 e. The molecular weight excluding hydrogens is 624 g/mol. The molecule has 5 rings (SSSR count). The summed E-state index contributed by atoms with van der Waals surface area (Å²) in [5.41, 5.74) is 3.70. The molecule has 0 aliphatic rings. The van der Waals surface area contributed by atoms with Crippen LogP contribution in [-0.2, 0) is 13.0 Å². The Morgan fingerprint density at radius 1 is 0.971 bits per heavy atom. The highest BCUT2D eigenvalue weighted by Gasteiger charge is 2.12. The average molecular weight is 643 g/mol. The van der Waals surface area contributed by atoms with Gasteiger partial charge in [-0.2, -0.15) is 9.78 Å². The monoisotopic (exact) mass is 640 g/mol. The van der Waals surface area contributed by atoms with Crippen LogP contribution in [0.3, 0.4) is 0 Å². The highest BCUT2D eigenvalue weighted by molar-refractivity contribution is 9.11. The molecule has 2 heterocycles. The van der Waals surface area contributed by atoms with E-state index in [2.05, 4.69) is 86.8 Å². The van der Waals surface area contributed by atoms with Crippen LogP contribution in [0, 0.1) is 0 Å². The lowest BCUT2D eigenvalue weighted by molar-refractivity contribution is 0.734. The third-order valence-corrected chi connectivity index (χ3v) is 7.40. The molecule has 0 N–H and O–H groups in total. The summed E-state index contributed by atoms with van der Waals surface area (Å²) in [6.45, 7) is 2.67. The second-order valence-electron chi connectivity index (χ2n) is 7.87. The standard InChI is InChI=1S/C26H19Br3N4O/c1-2-25-31-23-10-9-18(27)11-21(23)26(34)33(25)30-13-17-15-32(24-6-4-3-5-20(17)24)14-16-7-8-19(28)12-22(16)29/h3-13,15H,2,14H2,1H3. The van der Waals surface area contributed by atoms with Crippen LogP contribution in [0.1, 0.15) is 23.9 Å². The van der Waals surface area contributed by atoms with Gasteiger partial charge in [-0.15, -0.1) is 0 Å². The molecule has 0 saturated carbocycles. The molecule has 34 heavy (non-hydrogen) atoms. The van der Waals surface area contributed by atoms with E-state index in [1.807, 2.05) is 43.3 Å². The molecule has 0 unspecified atom stereocenters. The van der Waals surface area contributed by atoms with Crippen molar-refractivity contribution >= 4 is 75.8 Å². The number of aromatic nitrogens is 3. The van der Waals surface area contributed by atoms with Crippen LogP contribution in [-0.4, -0.2) is 20.4 Å². The fourth-order valence-corrected chi connectivity index (χ4v) is 5.54. The van der Waals surface area contributed by atoms with E-state index in [9.17, 15) is 4.79 Å². The summed E-state index contributed by atoms with van der Waals surface area (Å²) < 4.78 is 6.51. The minimum atomic E-state index is -0.179. The second kappa shape index (κ2) is 9.60. The zero-order valence-electron chi connectivity index (χ0n) is 18.2. The first-order valence-corrected chi connectivity index (χ1v) is 13.1. The van der Waals surface area contributed by atoms with Gasteiger partial charge in [0.2, 0.25) is 0 Å². The number of halogens is 3. The van der Waals surface area contributed by atoms with E-state index in [4.69, 9.17) is 0 Å². The molecule has 0 aliphatic carbocycles. The molecule has 0 spiro atoms. The summed E-state index contributed by atoms with van der Waals surface area (Å²) in [5.74, 6) is 0.624. The van der Waals surface area contributed by atoms with Crippen LogP contribution >= 0.6 is 47.8 Å². The molecule has 170 valence electrons. The van der Waals surface area contributed by atoms with Crippen LogP contribution in [0.15, 0.2) is 90.2 Å². The molecular formula is C26H19Br3N4O. The number of nitrogens with zero attached hydrogens (tertiary/aromatic N) is 4. The van der Waals surface area contributed by atoms with E-state index in [0.29, 0.717) is 29.7 Å². The van der Waals surface area contributed by atoms with E-state index in [1.165, 1.54) is 10.2 Å². The van der Waals surface area contributed by atoms with Gasteiger partial charge in [0, 0.05) is 49.0 Å². The molecule has 5 nitrogen and oxygen atoms in total. The fraction of sp³-hybridized carbons (Fsp3) is 0.115. The highest BCUT2D eigenvalue weighted by Crippen LogP contribution is 2.26. The van der Waals surface area contributed by atoms with Gasteiger partial charge in [0.1, 0.15) is 5.82 Å². The quantitative estimate of drug-likeness (QED) is 0.192. The third-order valence-electron chi connectivity index (χ3n) is 5.68. The number of benzene rings is 3. The lowest BCUT2D eigenvalue weighted by atomic mass is 10.2. The minimum Gasteiger partial charge on any atom is -0.342 e. The smallest absolute Gasteiger partial charge is 0.282 e. The van der Waals surface area contributed by atoms with Crippen molar-refractivity contribution in [2.75, 3.05) is 0 Å². The van der Waals surface area contributed by atoms with Gasteiger partial charge in [-0.05, 0) is 42.0 Å². The van der Waals surface area contributed by atoms with E-state index >= 15 is 0 Å². The molecule has 0 bridgehead atoms. The Balaban J connectivity index is 1.60. The van der Waals surface area contributed by atoms with Crippen LogP contribution in [0.4, 0.5) is 0 Å². The SMILES string of the molecule is CCc1nc2ccc(Br)cc2c(=O)n1N=Cc1cn(Cc2ccc(Br)cc2Br)c2ccccc12. The van der Waals surface area contributed by atoms with Crippen molar-refractivity contribution in [1.82, 2.24) is 14.2 Å².